The number of anilines is 1. The van der Waals surface area contributed by atoms with Crippen LogP contribution in [0.5, 0.6) is 0 Å². The smallest absolute Gasteiger partial charge is 0.296 e. The molecule has 1 aliphatic carbocycles. The van der Waals surface area contributed by atoms with Gasteiger partial charge in [0, 0.05) is 13.5 Å². The molecule has 0 saturated heterocycles. The zero-order valence-corrected chi connectivity index (χ0v) is 20.9. The van der Waals surface area contributed by atoms with Crippen molar-refractivity contribution in [1.82, 2.24) is 19.3 Å². The Kier molecular flexibility index (Phi) is 6.27. The molecule has 1 aliphatic rings. The average molecular weight is 494 g/mol. The second-order valence-electron chi connectivity index (χ2n) is 9.45. The SMILES string of the molecule is Cc1c(NS(=O)(=O)c2ccc3nc(CCC4CCCCC4)[nH]c3c2)c(=O)n(-c2ccccc2)n1C. The Morgan fingerprint density at radius 1 is 1.09 bits per heavy atom. The average Bonchev–Trinajstić information content (AvgIpc) is 3.37. The van der Waals surface area contributed by atoms with Gasteiger partial charge in [0.05, 0.1) is 27.3 Å². The molecule has 184 valence electrons. The quantitative estimate of drug-likeness (QED) is 0.390. The molecule has 9 heteroatoms. The van der Waals surface area contributed by atoms with Crippen LogP contribution < -0.4 is 10.3 Å². The molecule has 0 amide bonds. The Balaban J connectivity index is 1.39. The molecular formula is C26H31N5O3S. The van der Waals surface area contributed by atoms with E-state index in [0.29, 0.717) is 16.9 Å². The molecule has 8 nitrogen and oxygen atoms in total. The number of aromatic amines is 1. The predicted molar refractivity (Wildman–Crippen MR) is 138 cm³/mol. The van der Waals surface area contributed by atoms with E-state index in [-0.39, 0.29) is 10.6 Å². The number of imidazole rings is 1. The maximum absolute atomic E-state index is 13.2. The Morgan fingerprint density at radius 3 is 2.57 bits per heavy atom. The Labute approximate surface area is 205 Å². The van der Waals surface area contributed by atoms with E-state index in [4.69, 9.17) is 0 Å². The fourth-order valence-electron chi connectivity index (χ4n) is 5.02. The third-order valence-corrected chi connectivity index (χ3v) is 8.46. The van der Waals surface area contributed by atoms with Crippen LogP contribution in [0.1, 0.15) is 50.0 Å². The highest BCUT2D eigenvalue weighted by Gasteiger charge is 2.23. The van der Waals surface area contributed by atoms with Gasteiger partial charge in [-0.3, -0.25) is 14.2 Å². The van der Waals surface area contributed by atoms with Crippen molar-refractivity contribution in [2.75, 3.05) is 4.72 Å². The van der Waals surface area contributed by atoms with Crippen molar-refractivity contribution in [2.24, 2.45) is 13.0 Å². The van der Waals surface area contributed by atoms with E-state index in [1.54, 1.807) is 42.9 Å². The van der Waals surface area contributed by atoms with Crippen LogP contribution in [0.4, 0.5) is 5.69 Å². The van der Waals surface area contributed by atoms with Gasteiger partial charge in [-0.2, -0.15) is 0 Å². The van der Waals surface area contributed by atoms with Crippen LogP contribution in [0.25, 0.3) is 16.7 Å². The van der Waals surface area contributed by atoms with Gasteiger partial charge in [0.1, 0.15) is 11.5 Å². The molecule has 0 aliphatic heterocycles. The van der Waals surface area contributed by atoms with Gasteiger partial charge in [-0.1, -0.05) is 50.3 Å². The molecule has 0 atom stereocenters. The minimum atomic E-state index is -3.98. The monoisotopic (exact) mass is 493 g/mol. The van der Waals surface area contributed by atoms with E-state index in [2.05, 4.69) is 14.7 Å². The number of nitrogens with zero attached hydrogens (tertiary/aromatic N) is 3. The van der Waals surface area contributed by atoms with Crippen molar-refractivity contribution in [3.8, 4) is 5.69 Å². The molecule has 1 saturated carbocycles. The fraction of sp³-hybridized carbons (Fsp3) is 0.385. The van der Waals surface area contributed by atoms with Gasteiger partial charge < -0.3 is 4.98 Å². The molecule has 4 aromatic rings. The first-order chi connectivity index (χ1) is 16.8. The molecule has 5 rings (SSSR count). The summed E-state index contributed by atoms with van der Waals surface area (Å²) >= 11 is 0. The van der Waals surface area contributed by atoms with E-state index in [1.165, 1.54) is 42.9 Å². The largest absolute Gasteiger partial charge is 0.342 e. The van der Waals surface area contributed by atoms with Gasteiger partial charge in [0.15, 0.2) is 0 Å². The van der Waals surface area contributed by atoms with Gasteiger partial charge in [0.25, 0.3) is 15.6 Å². The highest BCUT2D eigenvalue weighted by atomic mass is 32.2. The van der Waals surface area contributed by atoms with Gasteiger partial charge in [-0.25, -0.2) is 18.1 Å². The summed E-state index contributed by atoms with van der Waals surface area (Å²) in [6, 6.07) is 14.0. The van der Waals surface area contributed by atoms with E-state index < -0.39 is 15.6 Å². The zero-order valence-electron chi connectivity index (χ0n) is 20.1. The van der Waals surface area contributed by atoms with Crippen molar-refractivity contribution in [3.63, 3.8) is 0 Å². The summed E-state index contributed by atoms with van der Waals surface area (Å²) in [7, 11) is -2.25. The second kappa shape index (κ2) is 9.37. The number of benzene rings is 2. The standard InChI is InChI=1S/C26H31N5O3S/c1-18-25(26(32)31(30(18)2)20-11-7-4-8-12-20)29-35(33,34)21-14-15-22-23(17-21)28-24(27-22)16-13-19-9-5-3-6-10-19/h4,7-8,11-12,14-15,17,19,29H,3,5-6,9-10,13,16H2,1-2H3,(H,27,28). The molecule has 2 heterocycles. The lowest BCUT2D eigenvalue weighted by atomic mass is 9.86. The van der Waals surface area contributed by atoms with Crippen LogP contribution in [0.15, 0.2) is 58.2 Å². The number of rotatable bonds is 7. The molecule has 1 fully saturated rings. The third kappa shape index (κ3) is 4.65. The number of nitrogens with one attached hydrogen (secondary N) is 2. The van der Waals surface area contributed by atoms with Gasteiger partial charge in [-0.15, -0.1) is 0 Å². The van der Waals surface area contributed by atoms with E-state index in [0.717, 1.165) is 30.1 Å². The first-order valence-corrected chi connectivity index (χ1v) is 13.7. The van der Waals surface area contributed by atoms with E-state index in [9.17, 15) is 13.2 Å². The first kappa shape index (κ1) is 23.4. The maximum atomic E-state index is 13.2. The normalized spacial score (nSPS) is 15.0. The van der Waals surface area contributed by atoms with Crippen LogP contribution in [0, 0.1) is 12.8 Å². The van der Waals surface area contributed by atoms with Crippen LogP contribution in [0.2, 0.25) is 0 Å². The minimum Gasteiger partial charge on any atom is -0.342 e. The summed E-state index contributed by atoms with van der Waals surface area (Å²) in [5.74, 6) is 1.64. The summed E-state index contributed by atoms with van der Waals surface area (Å²) < 4.78 is 32.1. The summed E-state index contributed by atoms with van der Waals surface area (Å²) in [5, 5.41) is 0. The number of sulfonamides is 1. The summed E-state index contributed by atoms with van der Waals surface area (Å²) in [6.45, 7) is 1.72. The van der Waals surface area contributed by atoms with Crippen molar-refractivity contribution in [3.05, 3.63) is 70.4 Å². The lowest BCUT2D eigenvalue weighted by Gasteiger charge is -2.20. The van der Waals surface area contributed by atoms with E-state index >= 15 is 0 Å². The number of fused-ring (bicyclic) bond motifs is 1. The van der Waals surface area contributed by atoms with Crippen molar-refractivity contribution < 1.29 is 8.42 Å². The Bertz CT molecular complexity index is 1510. The van der Waals surface area contributed by atoms with Gasteiger partial charge >= 0.3 is 0 Å². The molecule has 2 N–H and O–H groups in total. The number of aromatic nitrogens is 4. The van der Waals surface area contributed by atoms with E-state index in [1.807, 2.05) is 18.2 Å². The number of aryl methyl sites for hydroxylation is 1. The summed E-state index contributed by atoms with van der Waals surface area (Å²) in [6.07, 6.45) is 8.52. The van der Waals surface area contributed by atoms with Gasteiger partial charge in [-0.05, 0) is 49.6 Å². The van der Waals surface area contributed by atoms with Crippen molar-refractivity contribution >= 4 is 26.7 Å². The Hall–Kier alpha value is -3.33. The molecule has 2 aromatic carbocycles. The molecule has 2 aromatic heterocycles. The molecule has 0 bridgehead atoms. The summed E-state index contributed by atoms with van der Waals surface area (Å²) in [4.78, 5) is 21.2. The third-order valence-electron chi connectivity index (χ3n) is 7.12. The van der Waals surface area contributed by atoms with Crippen LogP contribution in [-0.4, -0.2) is 27.7 Å². The van der Waals surface area contributed by atoms with Crippen LogP contribution >= 0.6 is 0 Å². The predicted octanol–water partition coefficient (Wildman–Crippen LogP) is 4.67. The number of hydrogen-bond donors (Lipinski definition) is 2. The minimum absolute atomic E-state index is 0.0363. The Morgan fingerprint density at radius 2 is 1.83 bits per heavy atom. The molecule has 0 radical (unpaired) electrons. The van der Waals surface area contributed by atoms with Crippen LogP contribution in [-0.2, 0) is 23.5 Å². The van der Waals surface area contributed by atoms with Gasteiger partial charge in [0.2, 0.25) is 0 Å². The van der Waals surface area contributed by atoms with Crippen LogP contribution in [0.3, 0.4) is 0 Å². The molecule has 35 heavy (non-hydrogen) atoms. The lowest BCUT2D eigenvalue weighted by molar-refractivity contribution is 0.337. The molecular weight excluding hydrogens is 462 g/mol. The second-order valence-corrected chi connectivity index (χ2v) is 11.1. The maximum Gasteiger partial charge on any atom is 0.296 e. The first-order valence-electron chi connectivity index (χ1n) is 12.2. The highest BCUT2D eigenvalue weighted by Crippen LogP contribution is 2.28. The number of H-pyrrole nitrogens is 1. The molecule has 0 unspecified atom stereocenters. The van der Waals surface area contributed by atoms with Crippen molar-refractivity contribution in [1.29, 1.82) is 0 Å². The summed E-state index contributed by atoms with van der Waals surface area (Å²) in [5.41, 5.74) is 2.22. The number of hydrogen-bond acceptors (Lipinski definition) is 4. The number of para-hydroxylation sites is 1. The zero-order chi connectivity index (χ0) is 24.6. The fourth-order valence-corrected chi connectivity index (χ4v) is 6.16. The molecule has 0 spiro atoms. The topological polar surface area (TPSA) is 102 Å². The van der Waals surface area contributed by atoms with Crippen molar-refractivity contribution in [2.45, 2.75) is 56.8 Å². The lowest BCUT2D eigenvalue weighted by Crippen LogP contribution is -2.23. The highest BCUT2D eigenvalue weighted by molar-refractivity contribution is 7.92.